The second kappa shape index (κ2) is 16.3. The van der Waals surface area contributed by atoms with Crippen molar-refractivity contribution in [1.82, 2.24) is 0 Å². The summed E-state index contributed by atoms with van der Waals surface area (Å²) in [5, 5.41) is 129. The van der Waals surface area contributed by atoms with Gasteiger partial charge in [-0.1, -0.05) is 0 Å². The molecule has 2 aliphatic rings. The minimum atomic E-state index is -1.74. The van der Waals surface area contributed by atoms with Crippen molar-refractivity contribution in [3.63, 3.8) is 0 Å². The third-order valence-electron chi connectivity index (χ3n) is 5.49. The van der Waals surface area contributed by atoms with Crippen LogP contribution in [0, 0.1) is 0 Å². The van der Waals surface area contributed by atoms with E-state index in [1.54, 1.807) is 0 Å². The van der Waals surface area contributed by atoms with E-state index < -0.39 is 112 Å². The highest BCUT2D eigenvalue weighted by Gasteiger charge is 2.50. The fourth-order valence-electron chi connectivity index (χ4n) is 3.24. The van der Waals surface area contributed by atoms with Crippen LogP contribution in [0.3, 0.4) is 0 Å². The van der Waals surface area contributed by atoms with Gasteiger partial charge in [-0.25, -0.2) is 0 Å². The summed E-state index contributed by atoms with van der Waals surface area (Å²) >= 11 is 0. The molecule has 16 N–H and O–H groups in total. The van der Waals surface area contributed by atoms with Gasteiger partial charge in [0.15, 0.2) is 12.6 Å². The number of aliphatic hydroxyl groups is 14. The van der Waals surface area contributed by atoms with E-state index >= 15 is 0 Å². The topological polar surface area (TPSA) is 342 Å². The van der Waals surface area contributed by atoms with Crippen LogP contribution in [0.15, 0.2) is 0 Å². The fourth-order valence-corrected chi connectivity index (χ4v) is 3.24. The molecule has 5 unspecified atom stereocenters. The number of aliphatic hydroxyl groups excluding tert-OH is 14. The number of ether oxygens (including phenoxy) is 3. The molecule has 0 aromatic rings. The summed E-state index contributed by atoms with van der Waals surface area (Å²) < 4.78 is 15.3. The average Bonchev–Trinajstić information content (AvgIpc) is 2.87. The quantitative estimate of drug-likeness (QED) is 0.128. The third kappa shape index (κ3) is 8.66. The summed E-state index contributed by atoms with van der Waals surface area (Å²) in [6.45, 7) is -2.80. The highest BCUT2D eigenvalue weighted by atomic mass is 16.7. The van der Waals surface area contributed by atoms with E-state index in [0.717, 1.165) is 0 Å². The van der Waals surface area contributed by atoms with Crippen LogP contribution in [0.1, 0.15) is 0 Å². The van der Waals surface area contributed by atoms with Gasteiger partial charge in [-0.3, -0.25) is 0 Å². The summed E-state index contributed by atoms with van der Waals surface area (Å²) in [6.07, 6.45) is -22.0. The second-order valence-electron chi connectivity index (χ2n) is 8.01. The molecule has 18 heteroatoms. The second-order valence-corrected chi connectivity index (χ2v) is 8.01. The van der Waals surface area contributed by atoms with Crippen molar-refractivity contribution in [2.24, 2.45) is 0 Å². The predicted molar refractivity (Wildman–Crippen MR) is 110 cm³/mol. The Balaban J connectivity index is 0.000000807. The zero-order chi connectivity index (χ0) is 27.0. The molecule has 0 radical (unpaired) electrons. The Kier molecular flexibility index (Phi) is 16.0. The highest BCUT2D eigenvalue weighted by molar-refractivity contribution is 4.93. The minimum absolute atomic E-state index is 0. The van der Waals surface area contributed by atoms with Crippen LogP contribution < -0.4 is 0 Å². The van der Waals surface area contributed by atoms with Crippen molar-refractivity contribution in [1.29, 1.82) is 0 Å². The Morgan fingerprint density at radius 2 is 1.06 bits per heavy atom. The van der Waals surface area contributed by atoms with E-state index in [4.69, 9.17) is 50.0 Å². The van der Waals surface area contributed by atoms with Crippen molar-refractivity contribution in [3.8, 4) is 0 Å². The molecule has 0 amide bonds. The lowest BCUT2D eigenvalue weighted by atomic mass is 9.97. The molecular formula is C18H38O18. The molecule has 2 aliphatic heterocycles. The lowest BCUT2D eigenvalue weighted by molar-refractivity contribution is -0.355. The molecule has 2 fully saturated rings. The Morgan fingerprint density at radius 1 is 0.583 bits per heavy atom. The number of rotatable bonds is 9. The van der Waals surface area contributed by atoms with Crippen LogP contribution in [-0.2, 0) is 14.2 Å². The Hall–Kier alpha value is -0.720. The summed E-state index contributed by atoms with van der Waals surface area (Å²) in [5.74, 6) is 0. The SMILES string of the molecule is O.OCC(O)C(O)C(O)C(O)CO.OC[C@H]1O[C@@H](O[C@H]2[C@H](O)[C@@H](O)C(O)O[C@@H]2CO)[C@H](O)[C@@H](O)[C@H]1O. The molecular weight excluding hydrogens is 504 g/mol. The van der Waals surface area contributed by atoms with Gasteiger partial charge in [0.1, 0.15) is 73.2 Å². The molecule has 2 saturated heterocycles. The molecule has 0 saturated carbocycles. The highest BCUT2D eigenvalue weighted by Crippen LogP contribution is 2.28. The van der Waals surface area contributed by atoms with E-state index in [2.05, 4.69) is 0 Å². The van der Waals surface area contributed by atoms with Gasteiger partial charge in [0.25, 0.3) is 0 Å². The molecule has 2 heterocycles. The molecule has 0 bridgehead atoms. The van der Waals surface area contributed by atoms with Crippen LogP contribution in [0.4, 0.5) is 0 Å². The van der Waals surface area contributed by atoms with Gasteiger partial charge < -0.3 is 91.2 Å². The molecule has 2 rings (SSSR count). The summed E-state index contributed by atoms with van der Waals surface area (Å²) in [5.41, 5.74) is 0. The van der Waals surface area contributed by atoms with Crippen molar-refractivity contribution in [3.05, 3.63) is 0 Å². The molecule has 0 aliphatic carbocycles. The molecule has 14 atom stereocenters. The van der Waals surface area contributed by atoms with Crippen LogP contribution >= 0.6 is 0 Å². The maximum absolute atomic E-state index is 9.94. The van der Waals surface area contributed by atoms with Gasteiger partial charge in [-0.05, 0) is 0 Å². The molecule has 0 spiro atoms. The Labute approximate surface area is 204 Å². The first kappa shape index (κ1) is 35.3. The standard InChI is InChI=1S/C12H22O11.C6H14O6.H2O/c13-1-3-5(15)6(16)9(19)12(22-3)23-10-4(2-14)21-11(20)8(18)7(10)17;7-1-3(9)5(11)6(12)4(10)2-8;/h3-20H,1-2H2;3-12H,1-2H2;1H2/t3-,4-,5+,6+,7-,8-,9-,10-,11?,12+;;/m1../s1. The minimum Gasteiger partial charge on any atom is -0.412 e. The van der Waals surface area contributed by atoms with E-state index in [0.29, 0.717) is 0 Å². The first-order valence-corrected chi connectivity index (χ1v) is 10.6. The first-order chi connectivity index (χ1) is 16.4. The van der Waals surface area contributed by atoms with E-state index in [-0.39, 0.29) is 5.48 Å². The molecule has 36 heavy (non-hydrogen) atoms. The fraction of sp³-hybridized carbons (Fsp3) is 1.00. The Bertz CT molecular complexity index is 568. The Morgan fingerprint density at radius 3 is 1.47 bits per heavy atom. The zero-order valence-electron chi connectivity index (χ0n) is 18.9. The van der Waals surface area contributed by atoms with E-state index in [1.807, 2.05) is 0 Å². The van der Waals surface area contributed by atoms with Gasteiger partial charge in [0.2, 0.25) is 0 Å². The van der Waals surface area contributed by atoms with E-state index in [9.17, 15) is 35.7 Å². The van der Waals surface area contributed by atoms with Crippen molar-refractivity contribution < 1.29 is 91.2 Å². The van der Waals surface area contributed by atoms with Crippen molar-refractivity contribution in [2.45, 2.75) is 85.8 Å². The number of hydrogen-bond donors (Lipinski definition) is 14. The van der Waals surface area contributed by atoms with Gasteiger partial charge in [0.05, 0.1) is 26.4 Å². The predicted octanol–water partition coefficient (Wildman–Crippen LogP) is -9.81. The van der Waals surface area contributed by atoms with Crippen LogP contribution in [0.2, 0.25) is 0 Å². The van der Waals surface area contributed by atoms with Gasteiger partial charge in [-0.15, -0.1) is 0 Å². The lowest BCUT2D eigenvalue weighted by Gasteiger charge is -2.45. The summed E-state index contributed by atoms with van der Waals surface area (Å²) in [4.78, 5) is 0. The van der Waals surface area contributed by atoms with Gasteiger partial charge in [0, 0.05) is 0 Å². The summed E-state index contributed by atoms with van der Waals surface area (Å²) in [6, 6.07) is 0. The monoisotopic (exact) mass is 542 g/mol. The largest absolute Gasteiger partial charge is 0.412 e. The number of hydrogen-bond acceptors (Lipinski definition) is 17. The van der Waals surface area contributed by atoms with Crippen LogP contribution in [-0.4, -0.2) is 189 Å². The molecule has 0 aromatic carbocycles. The lowest BCUT2D eigenvalue weighted by Crippen LogP contribution is -2.64. The molecule has 0 aromatic heterocycles. The average molecular weight is 542 g/mol. The van der Waals surface area contributed by atoms with Gasteiger partial charge >= 0.3 is 0 Å². The van der Waals surface area contributed by atoms with Crippen LogP contribution in [0.5, 0.6) is 0 Å². The first-order valence-electron chi connectivity index (χ1n) is 10.6. The smallest absolute Gasteiger partial charge is 0.187 e. The van der Waals surface area contributed by atoms with Crippen molar-refractivity contribution >= 4 is 0 Å². The maximum atomic E-state index is 9.94. The summed E-state index contributed by atoms with van der Waals surface area (Å²) in [7, 11) is 0. The van der Waals surface area contributed by atoms with E-state index in [1.165, 1.54) is 0 Å². The molecule has 218 valence electrons. The molecule has 18 nitrogen and oxygen atoms in total. The van der Waals surface area contributed by atoms with Gasteiger partial charge in [-0.2, -0.15) is 0 Å². The normalized spacial score (nSPS) is 40.2. The van der Waals surface area contributed by atoms with Crippen molar-refractivity contribution in [2.75, 3.05) is 26.4 Å². The maximum Gasteiger partial charge on any atom is 0.187 e. The third-order valence-corrected chi connectivity index (χ3v) is 5.49. The van der Waals surface area contributed by atoms with Crippen LogP contribution in [0.25, 0.3) is 0 Å². The zero-order valence-corrected chi connectivity index (χ0v) is 18.9.